The summed E-state index contributed by atoms with van der Waals surface area (Å²) >= 11 is 6.25. The molecule has 2 aromatic carbocycles. The van der Waals surface area contributed by atoms with Crippen LogP contribution in [0.4, 0.5) is 5.69 Å². The highest BCUT2D eigenvalue weighted by Gasteiger charge is 2.11. The third-order valence-corrected chi connectivity index (χ3v) is 4.92. The molecule has 2 heterocycles. The summed E-state index contributed by atoms with van der Waals surface area (Å²) in [5, 5.41) is 9.49. The number of para-hydroxylation sites is 1. The van der Waals surface area contributed by atoms with Crippen molar-refractivity contribution < 1.29 is 4.74 Å². The Labute approximate surface area is 171 Å². The van der Waals surface area contributed by atoms with Crippen molar-refractivity contribution in [3.8, 4) is 11.4 Å². The first-order valence-electron chi connectivity index (χ1n) is 8.87. The molecule has 0 saturated heterocycles. The Balaban J connectivity index is 1.59. The molecule has 0 aliphatic rings. The first kappa shape index (κ1) is 18.8. The molecule has 0 unspecified atom stereocenters. The van der Waals surface area contributed by atoms with Gasteiger partial charge >= 0.3 is 0 Å². The van der Waals surface area contributed by atoms with Gasteiger partial charge < -0.3 is 9.72 Å². The lowest BCUT2D eigenvalue weighted by Crippen LogP contribution is -2.22. The van der Waals surface area contributed by atoms with Crippen molar-refractivity contribution in [2.75, 3.05) is 12.5 Å². The SMILES string of the molecule is COc1ccc(-n2ncc(N/N=C\c3c(C)[nH]c4ccccc34)c(Cl)c2=O)cc1. The van der Waals surface area contributed by atoms with Crippen LogP contribution >= 0.6 is 11.6 Å². The zero-order chi connectivity index (χ0) is 20.4. The first-order valence-corrected chi connectivity index (χ1v) is 9.25. The molecule has 2 N–H and O–H groups in total. The number of rotatable bonds is 5. The highest BCUT2D eigenvalue weighted by molar-refractivity contribution is 6.33. The molecule has 0 fully saturated rings. The molecule has 4 aromatic rings. The predicted octanol–water partition coefficient (Wildman–Crippen LogP) is 4.13. The van der Waals surface area contributed by atoms with E-state index in [1.165, 1.54) is 10.9 Å². The Morgan fingerprint density at radius 1 is 1.21 bits per heavy atom. The predicted molar refractivity (Wildman–Crippen MR) is 116 cm³/mol. The number of nitrogens with one attached hydrogen (secondary N) is 2. The Bertz CT molecular complexity index is 1260. The number of methoxy groups -OCH3 is 1. The van der Waals surface area contributed by atoms with Crippen LogP contribution in [0.3, 0.4) is 0 Å². The van der Waals surface area contributed by atoms with E-state index in [0.717, 1.165) is 22.2 Å². The number of halogens is 1. The zero-order valence-corrected chi connectivity index (χ0v) is 16.6. The molecule has 2 aromatic heterocycles. The second-order valence-electron chi connectivity index (χ2n) is 6.37. The van der Waals surface area contributed by atoms with Crippen molar-refractivity contribution in [1.29, 1.82) is 0 Å². The van der Waals surface area contributed by atoms with E-state index in [1.54, 1.807) is 37.6 Å². The van der Waals surface area contributed by atoms with E-state index in [9.17, 15) is 4.79 Å². The smallest absolute Gasteiger partial charge is 0.292 e. The lowest BCUT2D eigenvalue weighted by atomic mass is 10.1. The number of hydrogen-bond acceptors (Lipinski definition) is 5. The van der Waals surface area contributed by atoms with Gasteiger partial charge in [-0.15, -0.1) is 0 Å². The highest BCUT2D eigenvalue weighted by atomic mass is 35.5. The average molecular weight is 408 g/mol. The minimum Gasteiger partial charge on any atom is -0.497 e. The molecule has 0 aliphatic carbocycles. The van der Waals surface area contributed by atoms with E-state index >= 15 is 0 Å². The summed E-state index contributed by atoms with van der Waals surface area (Å²) < 4.78 is 6.35. The van der Waals surface area contributed by atoms with Gasteiger partial charge in [-0.05, 0) is 37.3 Å². The number of benzene rings is 2. The fraction of sp³-hybridized carbons (Fsp3) is 0.0952. The molecule has 0 atom stereocenters. The number of aryl methyl sites for hydroxylation is 1. The molecule has 8 heteroatoms. The molecule has 29 heavy (non-hydrogen) atoms. The third-order valence-electron chi connectivity index (χ3n) is 4.56. The minimum absolute atomic E-state index is 0.00335. The van der Waals surface area contributed by atoms with Crippen LogP contribution in [-0.4, -0.2) is 28.1 Å². The average Bonchev–Trinajstić information content (AvgIpc) is 3.06. The van der Waals surface area contributed by atoms with Gasteiger partial charge in [0.25, 0.3) is 5.56 Å². The number of anilines is 1. The van der Waals surface area contributed by atoms with E-state index < -0.39 is 5.56 Å². The van der Waals surface area contributed by atoms with Crippen molar-refractivity contribution in [3.05, 3.63) is 81.4 Å². The molecule has 4 rings (SSSR count). The molecule has 0 amide bonds. The number of H-pyrrole nitrogens is 1. The molecule has 146 valence electrons. The molecule has 0 bridgehead atoms. The van der Waals surface area contributed by atoms with E-state index in [0.29, 0.717) is 17.1 Å². The van der Waals surface area contributed by atoms with Gasteiger partial charge in [0.05, 0.1) is 25.2 Å². The maximum Gasteiger partial charge on any atom is 0.292 e. The molecular weight excluding hydrogens is 390 g/mol. The normalized spacial score (nSPS) is 11.3. The van der Waals surface area contributed by atoms with Gasteiger partial charge in [0, 0.05) is 22.2 Å². The summed E-state index contributed by atoms with van der Waals surface area (Å²) in [4.78, 5) is 15.9. The van der Waals surface area contributed by atoms with Crippen LogP contribution in [0, 0.1) is 6.92 Å². The van der Waals surface area contributed by atoms with Gasteiger partial charge in [-0.1, -0.05) is 29.8 Å². The van der Waals surface area contributed by atoms with Crippen molar-refractivity contribution in [1.82, 2.24) is 14.8 Å². The summed E-state index contributed by atoms with van der Waals surface area (Å²) in [6.45, 7) is 1.98. The fourth-order valence-electron chi connectivity index (χ4n) is 3.05. The largest absolute Gasteiger partial charge is 0.497 e. The number of fused-ring (bicyclic) bond motifs is 1. The lowest BCUT2D eigenvalue weighted by Gasteiger charge is -2.08. The Morgan fingerprint density at radius 3 is 2.72 bits per heavy atom. The molecule has 0 spiro atoms. The van der Waals surface area contributed by atoms with Gasteiger partial charge in [0.15, 0.2) is 0 Å². The summed E-state index contributed by atoms with van der Waals surface area (Å²) in [6.07, 6.45) is 3.16. The van der Waals surface area contributed by atoms with E-state index in [4.69, 9.17) is 16.3 Å². The number of hydrogen-bond donors (Lipinski definition) is 2. The molecule has 0 aliphatic heterocycles. The number of nitrogens with zero attached hydrogens (tertiary/aromatic N) is 3. The maximum absolute atomic E-state index is 12.6. The van der Waals surface area contributed by atoms with Crippen LogP contribution in [0.25, 0.3) is 16.6 Å². The van der Waals surface area contributed by atoms with Gasteiger partial charge in [-0.25, -0.2) is 0 Å². The van der Waals surface area contributed by atoms with Crippen LogP contribution < -0.4 is 15.7 Å². The second-order valence-corrected chi connectivity index (χ2v) is 6.74. The number of ether oxygens (including phenoxy) is 1. The Hall–Kier alpha value is -3.58. The number of aromatic nitrogens is 3. The van der Waals surface area contributed by atoms with Crippen LogP contribution in [0.5, 0.6) is 5.75 Å². The minimum atomic E-state index is -0.444. The molecule has 7 nitrogen and oxygen atoms in total. The van der Waals surface area contributed by atoms with Crippen LogP contribution in [-0.2, 0) is 0 Å². The summed E-state index contributed by atoms with van der Waals surface area (Å²) in [6, 6.07) is 14.9. The highest BCUT2D eigenvalue weighted by Crippen LogP contribution is 2.21. The monoisotopic (exact) mass is 407 g/mol. The van der Waals surface area contributed by atoms with E-state index in [-0.39, 0.29) is 5.02 Å². The van der Waals surface area contributed by atoms with Crippen LogP contribution in [0.1, 0.15) is 11.3 Å². The topological polar surface area (TPSA) is 84.3 Å². The van der Waals surface area contributed by atoms with Crippen molar-refractivity contribution in [2.45, 2.75) is 6.92 Å². The molecule has 0 saturated carbocycles. The van der Waals surface area contributed by atoms with Crippen LogP contribution in [0.2, 0.25) is 5.02 Å². The summed E-state index contributed by atoms with van der Waals surface area (Å²) in [5.74, 6) is 0.688. The van der Waals surface area contributed by atoms with Gasteiger partial charge in [0.1, 0.15) is 16.5 Å². The summed E-state index contributed by atoms with van der Waals surface area (Å²) in [7, 11) is 1.58. The lowest BCUT2D eigenvalue weighted by molar-refractivity contribution is 0.414. The number of hydrazone groups is 1. The van der Waals surface area contributed by atoms with Crippen LogP contribution in [0.15, 0.2) is 64.6 Å². The standard InChI is InChI=1S/C21H18ClN5O2/c1-13-17(16-5-3-4-6-18(16)25-13)11-23-26-19-12-24-27(21(28)20(19)22)14-7-9-15(29-2)10-8-14/h3-12,25-26H,1-2H3/b23-11-. The Kier molecular flexibility index (Phi) is 5.05. The fourth-order valence-corrected chi connectivity index (χ4v) is 3.22. The van der Waals surface area contributed by atoms with Crippen molar-refractivity contribution in [2.24, 2.45) is 5.10 Å². The molecule has 0 radical (unpaired) electrons. The molecular formula is C21H18ClN5O2. The quantitative estimate of drug-likeness (QED) is 0.385. The third kappa shape index (κ3) is 3.60. The Morgan fingerprint density at radius 2 is 1.97 bits per heavy atom. The van der Waals surface area contributed by atoms with Gasteiger partial charge in [-0.3, -0.25) is 10.2 Å². The first-order chi connectivity index (χ1) is 14.1. The van der Waals surface area contributed by atoms with Crippen molar-refractivity contribution >= 4 is 34.4 Å². The van der Waals surface area contributed by atoms with E-state index in [1.807, 2.05) is 31.2 Å². The second kappa shape index (κ2) is 7.81. The number of aromatic amines is 1. The van der Waals surface area contributed by atoms with Gasteiger partial charge in [-0.2, -0.15) is 14.9 Å². The van der Waals surface area contributed by atoms with E-state index in [2.05, 4.69) is 20.6 Å². The van der Waals surface area contributed by atoms with Crippen molar-refractivity contribution in [3.63, 3.8) is 0 Å². The summed E-state index contributed by atoms with van der Waals surface area (Å²) in [5.41, 5.74) is 6.27. The zero-order valence-electron chi connectivity index (χ0n) is 15.8. The van der Waals surface area contributed by atoms with Gasteiger partial charge in [0.2, 0.25) is 0 Å². The maximum atomic E-state index is 12.6.